The highest BCUT2D eigenvalue weighted by molar-refractivity contribution is 5.75. The van der Waals surface area contributed by atoms with Gasteiger partial charge in [0, 0.05) is 31.1 Å². The fourth-order valence-corrected chi connectivity index (χ4v) is 5.15. The molecular weight excluding hydrogens is 673 g/mol. The normalized spacial score (nSPS) is 11.7. The molecule has 0 fully saturated rings. The van der Waals surface area contributed by atoms with Gasteiger partial charge in [0.1, 0.15) is 11.6 Å². The van der Waals surface area contributed by atoms with Crippen LogP contribution in [0, 0.1) is 17.1 Å². The number of hydrogen-bond donors (Lipinski definition) is 1. The first-order valence-electron chi connectivity index (χ1n) is 15.1. The molecule has 0 aliphatic rings. The van der Waals surface area contributed by atoms with Crippen molar-refractivity contribution < 1.29 is 50.1 Å². The van der Waals surface area contributed by atoms with Crippen LogP contribution in [0.2, 0.25) is 0 Å². The third-order valence-electron chi connectivity index (χ3n) is 7.55. The zero-order valence-electron chi connectivity index (χ0n) is 27.0. The summed E-state index contributed by atoms with van der Waals surface area (Å²) in [7, 11) is 1.28. The molecule has 0 aliphatic carbocycles. The van der Waals surface area contributed by atoms with Gasteiger partial charge in [0.25, 0.3) is 0 Å². The summed E-state index contributed by atoms with van der Waals surface area (Å²) in [5, 5.41) is 18.3. The molecule has 50 heavy (non-hydrogen) atoms. The van der Waals surface area contributed by atoms with Crippen molar-refractivity contribution in [3.8, 4) is 28.7 Å². The van der Waals surface area contributed by atoms with E-state index in [-0.39, 0.29) is 82.7 Å². The van der Waals surface area contributed by atoms with Crippen molar-refractivity contribution in [3.63, 3.8) is 0 Å². The number of carbonyl (C=O) groups is 1. The highest BCUT2D eigenvalue weighted by Gasteiger charge is 2.33. The number of halogens is 7. The SMILES string of the molecule is COc1cc(F)c(C(C)C)cc1-c1ccc(C(F)(F)F)cc1CN(Cc1cc(C#N)cc(C(F)(F)F)c1)c1ncc(OCCCC(=O)O)cn1. The Morgan fingerprint density at radius 1 is 0.940 bits per heavy atom. The Morgan fingerprint density at radius 2 is 1.62 bits per heavy atom. The van der Waals surface area contributed by atoms with Gasteiger partial charge in [-0.15, -0.1) is 0 Å². The quantitative estimate of drug-likeness (QED) is 0.109. The van der Waals surface area contributed by atoms with Crippen molar-refractivity contribution in [1.29, 1.82) is 5.26 Å². The van der Waals surface area contributed by atoms with Crippen LogP contribution < -0.4 is 14.4 Å². The van der Waals surface area contributed by atoms with Crippen molar-refractivity contribution in [2.75, 3.05) is 18.6 Å². The maximum absolute atomic E-state index is 14.9. The van der Waals surface area contributed by atoms with E-state index in [1.807, 2.05) is 0 Å². The van der Waals surface area contributed by atoms with Crippen molar-refractivity contribution in [2.24, 2.45) is 0 Å². The molecule has 1 aromatic heterocycles. The van der Waals surface area contributed by atoms with Crippen LogP contribution in [0.5, 0.6) is 11.5 Å². The number of nitrogens with zero attached hydrogens (tertiary/aromatic N) is 4. The lowest BCUT2D eigenvalue weighted by molar-refractivity contribution is -0.138. The molecule has 1 N–H and O–H groups in total. The van der Waals surface area contributed by atoms with Gasteiger partial charge in [-0.05, 0) is 71.0 Å². The van der Waals surface area contributed by atoms with Crippen LogP contribution in [0.4, 0.5) is 36.7 Å². The minimum atomic E-state index is -4.80. The highest BCUT2D eigenvalue weighted by Crippen LogP contribution is 2.40. The van der Waals surface area contributed by atoms with Gasteiger partial charge in [-0.25, -0.2) is 14.4 Å². The average molecular weight is 705 g/mol. The monoisotopic (exact) mass is 704 g/mol. The second kappa shape index (κ2) is 15.4. The summed E-state index contributed by atoms with van der Waals surface area (Å²) in [6.07, 6.45) is -7.08. The van der Waals surface area contributed by atoms with Crippen molar-refractivity contribution in [2.45, 2.75) is 58.0 Å². The van der Waals surface area contributed by atoms with E-state index in [1.54, 1.807) is 19.9 Å². The molecule has 15 heteroatoms. The number of rotatable bonds is 13. The van der Waals surface area contributed by atoms with Crippen molar-refractivity contribution in [3.05, 3.63) is 100 Å². The topological polar surface area (TPSA) is 109 Å². The second-order valence-electron chi connectivity index (χ2n) is 11.5. The maximum atomic E-state index is 14.9. The lowest BCUT2D eigenvalue weighted by atomic mass is 9.92. The number of hydrogen-bond acceptors (Lipinski definition) is 7. The smallest absolute Gasteiger partial charge is 0.416 e. The zero-order chi connectivity index (χ0) is 36.8. The molecule has 1 heterocycles. The Hall–Kier alpha value is -5.39. The molecule has 264 valence electrons. The number of aliphatic carboxylic acids is 1. The van der Waals surface area contributed by atoms with Gasteiger partial charge in [0.2, 0.25) is 5.95 Å². The summed E-state index contributed by atoms with van der Waals surface area (Å²) in [5.74, 6) is -1.83. The molecule has 0 saturated heterocycles. The van der Waals surface area contributed by atoms with Gasteiger partial charge in [-0.1, -0.05) is 19.9 Å². The number of alkyl halides is 6. The highest BCUT2D eigenvalue weighted by atomic mass is 19.4. The first-order valence-corrected chi connectivity index (χ1v) is 15.1. The van der Waals surface area contributed by atoms with Crippen LogP contribution >= 0.6 is 0 Å². The van der Waals surface area contributed by atoms with E-state index in [9.17, 15) is 40.8 Å². The summed E-state index contributed by atoms with van der Waals surface area (Å²) in [4.78, 5) is 20.6. The lowest BCUT2D eigenvalue weighted by Gasteiger charge is -2.26. The fourth-order valence-electron chi connectivity index (χ4n) is 5.15. The summed E-state index contributed by atoms with van der Waals surface area (Å²) in [5.41, 5.74) is -1.61. The molecule has 8 nitrogen and oxygen atoms in total. The molecule has 0 amide bonds. The van der Waals surface area contributed by atoms with Crippen molar-refractivity contribution >= 4 is 11.9 Å². The summed E-state index contributed by atoms with van der Waals surface area (Å²) in [6.45, 7) is 2.72. The minimum absolute atomic E-state index is 0.0102. The molecular formula is C35H31F7N4O4. The molecule has 0 aliphatic heterocycles. The van der Waals surface area contributed by atoms with E-state index in [4.69, 9.17) is 14.6 Å². The first-order chi connectivity index (χ1) is 23.5. The summed E-state index contributed by atoms with van der Waals surface area (Å²) >= 11 is 0. The van der Waals surface area contributed by atoms with Crippen LogP contribution in [0.15, 0.2) is 60.9 Å². The van der Waals surface area contributed by atoms with E-state index in [0.29, 0.717) is 6.07 Å². The Kier molecular flexibility index (Phi) is 11.6. The zero-order valence-corrected chi connectivity index (χ0v) is 27.0. The number of carboxylic acids is 1. The molecule has 0 atom stereocenters. The molecule has 3 aromatic carbocycles. The largest absolute Gasteiger partial charge is 0.496 e. The first kappa shape index (κ1) is 37.4. The van der Waals surface area contributed by atoms with Crippen molar-refractivity contribution in [1.82, 2.24) is 9.97 Å². The fraction of sp³-hybridized carbons (Fsp3) is 0.314. The number of anilines is 1. The molecule has 0 radical (unpaired) electrons. The van der Waals surface area contributed by atoms with E-state index >= 15 is 0 Å². The lowest BCUT2D eigenvalue weighted by Crippen LogP contribution is -2.25. The Labute approximate surface area is 282 Å². The average Bonchev–Trinajstić information content (AvgIpc) is 3.05. The van der Waals surface area contributed by atoms with Crippen LogP contribution in [-0.2, 0) is 30.2 Å². The molecule has 0 spiro atoms. The number of aromatic nitrogens is 2. The van der Waals surface area contributed by atoms with Crippen LogP contribution in [-0.4, -0.2) is 34.8 Å². The summed E-state index contributed by atoms with van der Waals surface area (Å²) < 4.78 is 109. The number of benzene rings is 3. The molecule has 4 aromatic rings. The predicted octanol–water partition coefficient (Wildman–Crippen LogP) is 8.77. The van der Waals surface area contributed by atoms with Gasteiger partial charge in [-0.3, -0.25) is 4.79 Å². The van der Waals surface area contributed by atoms with E-state index in [0.717, 1.165) is 24.3 Å². The molecule has 4 rings (SSSR count). The third kappa shape index (κ3) is 9.40. The van der Waals surface area contributed by atoms with Gasteiger partial charge < -0.3 is 19.5 Å². The standard InChI is InChI=1S/C35H31F7N4O4/c1-20(2)28-13-29(31(49-3)14-30(28)36)27-7-6-24(34(37,38)39)12-23(27)19-46(18-22-9-21(15-43)10-25(11-22)35(40,41)42)33-44-16-26(17-45-33)50-8-4-5-32(47)48/h6-7,9-14,16-17,20H,4-5,8,18-19H2,1-3H3,(H,47,48). The van der Waals surface area contributed by atoms with Crippen LogP contribution in [0.3, 0.4) is 0 Å². The Balaban J connectivity index is 1.86. The van der Waals surface area contributed by atoms with Gasteiger partial charge in [-0.2, -0.15) is 31.6 Å². The summed E-state index contributed by atoms with van der Waals surface area (Å²) in [6, 6.07) is 9.98. The van der Waals surface area contributed by atoms with E-state index in [2.05, 4.69) is 9.97 Å². The second-order valence-corrected chi connectivity index (χ2v) is 11.5. The number of methoxy groups -OCH3 is 1. The molecule has 0 bridgehead atoms. The molecule has 0 unspecified atom stereocenters. The van der Waals surface area contributed by atoms with Gasteiger partial charge >= 0.3 is 18.3 Å². The van der Waals surface area contributed by atoms with Gasteiger partial charge in [0.15, 0.2) is 5.75 Å². The molecule has 0 saturated carbocycles. The number of nitriles is 1. The Bertz CT molecular complexity index is 1870. The Morgan fingerprint density at radius 3 is 2.20 bits per heavy atom. The van der Waals surface area contributed by atoms with E-state index in [1.165, 1.54) is 42.6 Å². The predicted molar refractivity (Wildman–Crippen MR) is 168 cm³/mol. The minimum Gasteiger partial charge on any atom is -0.496 e. The number of carboxylic acid groups (broad SMARTS) is 1. The van der Waals surface area contributed by atoms with Gasteiger partial charge in [0.05, 0.1) is 48.9 Å². The van der Waals surface area contributed by atoms with Crippen LogP contribution in [0.25, 0.3) is 11.1 Å². The van der Waals surface area contributed by atoms with E-state index < -0.39 is 41.8 Å². The maximum Gasteiger partial charge on any atom is 0.416 e. The number of ether oxygens (including phenoxy) is 2. The third-order valence-corrected chi connectivity index (χ3v) is 7.55. The van der Waals surface area contributed by atoms with Crippen LogP contribution in [0.1, 0.15) is 66.0 Å².